The van der Waals surface area contributed by atoms with E-state index >= 15 is 0 Å². The standard InChI is InChI=1S/C18H24N2O2/c1-21-16-7-6-14(18(13-19)8-10-20-11-9-18)12-17(16)22-15-4-2-3-5-15/h6-7,12,15,20H,2-5,8-11H2,1H3. The molecule has 1 aromatic rings. The third-order valence-corrected chi connectivity index (χ3v) is 4.98. The molecule has 1 aromatic carbocycles. The Balaban J connectivity index is 1.90. The smallest absolute Gasteiger partial charge is 0.161 e. The van der Waals surface area contributed by atoms with E-state index in [0.717, 1.165) is 55.8 Å². The summed E-state index contributed by atoms with van der Waals surface area (Å²) < 4.78 is 11.6. The first kappa shape index (κ1) is 15.2. The number of nitriles is 1. The van der Waals surface area contributed by atoms with Gasteiger partial charge >= 0.3 is 0 Å². The van der Waals surface area contributed by atoms with Crippen LogP contribution in [0.15, 0.2) is 18.2 Å². The van der Waals surface area contributed by atoms with Gasteiger partial charge in [-0.2, -0.15) is 5.26 Å². The summed E-state index contributed by atoms with van der Waals surface area (Å²) in [6.45, 7) is 1.77. The number of hydrogen-bond donors (Lipinski definition) is 1. The highest BCUT2D eigenvalue weighted by molar-refractivity contribution is 5.47. The van der Waals surface area contributed by atoms with Crippen molar-refractivity contribution in [1.29, 1.82) is 5.26 Å². The summed E-state index contributed by atoms with van der Waals surface area (Å²) in [7, 11) is 1.67. The van der Waals surface area contributed by atoms with Crippen molar-refractivity contribution in [1.82, 2.24) is 5.32 Å². The molecule has 0 amide bonds. The Bertz CT molecular complexity index is 553. The van der Waals surface area contributed by atoms with Crippen LogP contribution in [0.25, 0.3) is 0 Å². The number of nitrogens with zero attached hydrogens (tertiary/aromatic N) is 1. The predicted molar refractivity (Wildman–Crippen MR) is 85.3 cm³/mol. The van der Waals surface area contributed by atoms with Gasteiger partial charge in [0.1, 0.15) is 0 Å². The van der Waals surface area contributed by atoms with Gasteiger partial charge < -0.3 is 14.8 Å². The molecule has 1 aliphatic heterocycles. The summed E-state index contributed by atoms with van der Waals surface area (Å²) in [5, 5.41) is 13.1. The van der Waals surface area contributed by atoms with E-state index in [2.05, 4.69) is 11.4 Å². The molecule has 0 atom stereocenters. The molecule has 1 saturated heterocycles. The lowest BCUT2D eigenvalue weighted by Crippen LogP contribution is -2.38. The number of hydrogen-bond acceptors (Lipinski definition) is 4. The minimum Gasteiger partial charge on any atom is -0.493 e. The molecular weight excluding hydrogens is 276 g/mol. The maximum Gasteiger partial charge on any atom is 0.161 e. The summed E-state index contributed by atoms with van der Waals surface area (Å²) >= 11 is 0. The lowest BCUT2D eigenvalue weighted by atomic mass is 9.74. The highest BCUT2D eigenvalue weighted by Crippen LogP contribution is 2.39. The van der Waals surface area contributed by atoms with Crippen LogP contribution in [-0.2, 0) is 5.41 Å². The Kier molecular flexibility index (Phi) is 4.54. The van der Waals surface area contributed by atoms with E-state index in [0.29, 0.717) is 0 Å². The molecule has 2 fully saturated rings. The van der Waals surface area contributed by atoms with Crippen LogP contribution in [0.3, 0.4) is 0 Å². The molecule has 1 N–H and O–H groups in total. The molecule has 22 heavy (non-hydrogen) atoms. The lowest BCUT2D eigenvalue weighted by molar-refractivity contribution is 0.200. The van der Waals surface area contributed by atoms with Crippen LogP contribution in [-0.4, -0.2) is 26.3 Å². The van der Waals surface area contributed by atoms with Crippen molar-refractivity contribution in [3.05, 3.63) is 23.8 Å². The van der Waals surface area contributed by atoms with Crippen molar-refractivity contribution in [2.75, 3.05) is 20.2 Å². The summed E-state index contributed by atoms with van der Waals surface area (Å²) in [4.78, 5) is 0. The van der Waals surface area contributed by atoms with Gasteiger partial charge in [0.25, 0.3) is 0 Å². The number of nitrogens with one attached hydrogen (secondary N) is 1. The summed E-state index contributed by atoms with van der Waals surface area (Å²) in [5.41, 5.74) is 0.663. The fourth-order valence-corrected chi connectivity index (χ4v) is 3.57. The molecule has 1 heterocycles. The molecule has 0 spiro atoms. The van der Waals surface area contributed by atoms with Gasteiger partial charge in [-0.25, -0.2) is 0 Å². The maximum atomic E-state index is 9.75. The lowest BCUT2D eigenvalue weighted by Gasteiger charge is -2.32. The molecule has 0 aromatic heterocycles. The Morgan fingerprint density at radius 2 is 1.91 bits per heavy atom. The van der Waals surface area contributed by atoms with Gasteiger partial charge in [0.15, 0.2) is 11.5 Å². The summed E-state index contributed by atoms with van der Waals surface area (Å²) in [6, 6.07) is 8.56. The predicted octanol–water partition coefficient (Wildman–Crippen LogP) is 3.16. The molecule has 4 heteroatoms. The van der Waals surface area contributed by atoms with Gasteiger partial charge in [0.2, 0.25) is 0 Å². The summed E-state index contributed by atoms with van der Waals surface area (Å²) in [6.07, 6.45) is 6.68. The van der Waals surface area contributed by atoms with Crippen LogP contribution in [0, 0.1) is 11.3 Å². The van der Waals surface area contributed by atoms with Gasteiger partial charge in [-0.05, 0) is 69.3 Å². The highest BCUT2D eigenvalue weighted by Gasteiger charge is 2.35. The average Bonchev–Trinajstić information content (AvgIpc) is 3.08. The van der Waals surface area contributed by atoms with Gasteiger partial charge in [-0.15, -0.1) is 0 Å². The molecular formula is C18H24N2O2. The van der Waals surface area contributed by atoms with Crippen LogP contribution >= 0.6 is 0 Å². The Hall–Kier alpha value is -1.73. The zero-order valence-electron chi connectivity index (χ0n) is 13.2. The van der Waals surface area contributed by atoms with E-state index in [1.54, 1.807) is 7.11 Å². The Morgan fingerprint density at radius 1 is 1.18 bits per heavy atom. The second-order valence-corrected chi connectivity index (χ2v) is 6.33. The second kappa shape index (κ2) is 6.58. The molecule has 118 valence electrons. The van der Waals surface area contributed by atoms with Crippen LogP contribution in [0.2, 0.25) is 0 Å². The van der Waals surface area contributed by atoms with E-state index in [1.165, 1.54) is 12.8 Å². The van der Waals surface area contributed by atoms with Crippen molar-refractivity contribution in [3.63, 3.8) is 0 Å². The number of rotatable bonds is 4. The van der Waals surface area contributed by atoms with Gasteiger partial charge in [0, 0.05) is 0 Å². The molecule has 4 nitrogen and oxygen atoms in total. The molecule has 0 radical (unpaired) electrons. The van der Waals surface area contributed by atoms with Crippen LogP contribution in [0.4, 0.5) is 0 Å². The van der Waals surface area contributed by atoms with Crippen molar-refractivity contribution >= 4 is 0 Å². The van der Waals surface area contributed by atoms with Crippen molar-refractivity contribution < 1.29 is 9.47 Å². The van der Waals surface area contributed by atoms with E-state index in [-0.39, 0.29) is 6.10 Å². The zero-order chi connectivity index (χ0) is 15.4. The normalized spacial score (nSPS) is 21.3. The third kappa shape index (κ3) is 2.91. The monoisotopic (exact) mass is 300 g/mol. The molecule has 1 aliphatic carbocycles. The molecule has 3 rings (SSSR count). The topological polar surface area (TPSA) is 54.3 Å². The van der Waals surface area contributed by atoms with E-state index in [1.807, 2.05) is 18.2 Å². The molecule has 1 saturated carbocycles. The molecule has 0 unspecified atom stereocenters. The fourth-order valence-electron chi connectivity index (χ4n) is 3.57. The van der Waals surface area contributed by atoms with E-state index in [9.17, 15) is 5.26 Å². The first-order valence-corrected chi connectivity index (χ1v) is 8.24. The average molecular weight is 300 g/mol. The van der Waals surface area contributed by atoms with Crippen LogP contribution < -0.4 is 14.8 Å². The Labute approximate surface area is 132 Å². The summed E-state index contributed by atoms with van der Waals surface area (Å²) in [5.74, 6) is 1.55. The van der Waals surface area contributed by atoms with Crippen LogP contribution in [0.5, 0.6) is 11.5 Å². The largest absolute Gasteiger partial charge is 0.493 e. The SMILES string of the molecule is COc1ccc(C2(C#N)CCNCC2)cc1OC1CCCC1. The number of piperidine rings is 1. The fraction of sp³-hybridized carbons (Fsp3) is 0.611. The van der Waals surface area contributed by atoms with Crippen molar-refractivity contribution in [2.24, 2.45) is 0 Å². The second-order valence-electron chi connectivity index (χ2n) is 6.33. The number of methoxy groups -OCH3 is 1. The first-order valence-electron chi connectivity index (χ1n) is 8.24. The van der Waals surface area contributed by atoms with E-state index in [4.69, 9.17) is 9.47 Å². The van der Waals surface area contributed by atoms with Gasteiger partial charge in [0.05, 0.1) is 24.7 Å². The van der Waals surface area contributed by atoms with E-state index < -0.39 is 5.41 Å². The highest BCUT2D eigenvalue weighted by atomic mass is 16.5. The van der Waals surface area contributed by atoms with Crippen molar-refractivity contribution in [3.8, 4) is 17.6 Å². The van der Waals surface area contributed by atoms with Gasteiger partial charge in [-0.1, -0.05) is 6.07 Å². The first-order chi connectivity index (χ1) is 10.8. The quantitative estimate of drug-likeness (QED) is 0.928. The molecule has 0 bridgehead atoms. The number of ether oxygens (including phenoxy) is 2. The third-order valence-electron chi connectivity index (χ3n) is 4.98. The zero-order valence-corrected chi connectivity index (χ0v) is 13.2. The number of benzene rings is 1. The Morgan fingerprint density at radius 3 is 2.55 bits per heavy atom. The van der Waals surface area contributed by atoms with Crippen LogP contribution in [0.1, 0.15) is 44.1 Å². The molecule has 2 aliphatic rings. The minimum absolute atomic E-state index is 0.287. The maximum absolute atomic E-state index is 9.75. The minimum atomic E-state index is -0.398. The van der Waals surface area contributed by atoms with Crippen molar-refractivity contribution in [2.45, 2.75) is 50.0 Å². The van der Waals surface area contributed by atoms with Gasteiger partial charge in [-0.3, -0.25) is 0 Å².